The maximum absolute atomic E-state index is 4.68. The van der Waals surface area contributed by atoms with Crippen LogP contribution in [0.3, 0.4) is 0 Å². The van der Waals surface area contributed by atoms with Crippen molar-refractivity contribution in [2.75, 3.05) is 0 Å². The van der Waals surface area contributed by atoms with Gasteiger partial charge in [-0.05, 0) is 69.1 Å². The van der Waals surface area contributed by atoms with Crippen LogP contribution < -0.4 is 0 Å². The summed E-state index contributed by atoms with van der Waals surface area (Å²) in [6, 6.07) is 0. The molecule has 0 aliphatic heterocycles. The van der Waals surface area contributed by atoms with Crippen LogP contribution in [0.2, 0.25) is 0 Å². The Morgan fingerprint density at radius 3 is 2.20 bits per heavy atom. The van der Waals surface area contributed by atoms with E-state index in [0.29, 0.717) is 5.25 Å². The normalized spacial score (nSPS) is 37.2. The summed E-state index contributed by atoms with van der Waals surface area (Å²) in [5.41, 5.74) is 1.81. The van der Waals surface area contributed by atoms with Crippen molar-refractivity contribution in [1.82, 2.24) is 0 Å². The molecular formula is C19H32S. The zero-order valence-electron chi connectivity index (χ0n) is 13.0. The molecule has 114 valence electrons. The lowest BCUT2D eigenvalue weighted by molar-refractivity contribution is 0.176. The van der Waals surface area contributed by atoms with Crippen molar-refractivity contribution in [3.63, 3.8) is 0 Å². The summed E-state index contributed by atoms with van der Waals surface area (Å²) in [6.07, 6.45) is 21.5. The first-order valence-corrected chi connectivity index (χ1v) is 9.71. The molecule has 1 unspecified atom stereocenters. The van der Waals surface area contributed by atoms with Crippen molar-refractivity contribution >= 4 is 12.6 Å². The van der Waals surface area contributed by atoms with Gasteiger partial charge in [-0.25, -0.2) is 0 Å². The SMILES string of the molecule is SC1CCC=C(C2CCC(C3CCCCC3)CC2)CC1. The van der Waals surface area contributed by atoms with Crippen LogP contribution in [0.1, 0.15) is 83.5 Å². The molecule has 0 spiro atoms. The number of rotatable bonds is 2. The molecule has 3 aliphatic carbocycles. The monoisotopic (exact) mass is 292 g/mol. The van der Waals surface area contributed by atoms with Gasteiger partial charge in [0.1, 0.15) is 0 Å². The Morgan fingerprint density at radius 1 is 0.750 bits per heavy atom. The number of hydrogen-bond acceptors (Lipinski definition) is 1. The Kier molecular flexibility index (Phi) is 5.54. The third-order valence-corrected chi connectivity index (χ3v) is 6.80. The minimum atomic E-state index is 0.655. The first kappa shape index (κ1) is 15.0. The van der Waals surface area contributed by atoms with Gasteiger partial charge >= 0.3 is 0 Å². The summed E-state index contributed by atoms with van der Waals surface area (Å²) >= 11 is 4.68. The largest absolute Gasteiger partial charge is 0.176 e. The highest BCUT2D eigenvalue weighted by Crippen LogP contribution is 2.43. The van der Waals surface area contributed by atoms with Gasteiger partial charge in [0, 0.05) is 5.25 Å². The average Bonchev–Trinajstić information content (AvgIpc) is 2.73. The van der Waals surface area contributed by atoms with Gasteiger partial charge in [0.25, 0.3) is 0 Å². The molecule has 0 saturated heterocycles. The Labute approximate surface area is 131 Å². The third-order valence-electron chi connectivity index (χ3n) is 6.29. The van der Waals surface area contributed by atoms with Gasteiger partial charge in [0.2, 0.25) is 0 Å². The second-order valence-corrected chi connectivity index (χ2v) is 8.29. The summed E-state index contributed by atoms with van der Waals surface area (Å²) in [7, 11) is 0. The summed E-state index contributed by atoms with van der Waals surface area (Å²) in [5.74, 6) is 3.11. The molecule has 0 N–H and O–H groups in total. The van der Waals surface area contributed by atoms with Gasteiger partial charge in [-0.2, -0.15) is 12.6 Å². The van der Waals surface area contributed by atoms with Gasteiger partial charge in [-0.3, -0.25) is 0 Å². The van der Waals surface area contributed by atoms with E-state index < -0.39 is 0 Å². The number of thiol groups is 1. The molecule has 2 saturated carbocycles. The van der Waals surface area contributed by atoms with E-state index in [4.69, 9.17) is 0 Å². The van der Waals surface area contributed by atoms with Crippen LogP contribution in [0.5, 0.6) is 0 Å². The predicted octanol–water partition coefficient (Wildman–Crippen LogP) is 6.17. The van der Waals surface area contributed by atoms with Crippen molar-refractivity contribution in [3.05, 3.63) is 11.6 Å². The molecule has 1 heteroatoms. The Balaban J connectivity index is 1.49. The van der Waals surface area contributed by atoms with Gasteiger partial charge in [-0.1, -0.05) is 43.8 Å². The van der Waals surface area contributed by atoms with Gasteiger partial charge < -0.3 is 0 Å². The van der Waals surface area contributed by atoms with Crippen molar-refractivity contribution < 1.29 is 0 Å². The lowest BCUT2D eigenvalue weighted by Gasteiger charge is -2.36. The van der Waals surface area contributed by atoms with E-state index in [0.717, 1.165) is 17.8 Å². The molecule has 0 heterocycles. The fourth-order valence-electron chi connectivity index (χ4n) is 4.98. The van der Waals surface area contributed by atoms with E-state index in [1.165, 1.54) is 70.6 Å². The van der Waals surface area contributed by atoms with Gasteiger partial charge in [-0.15, -0.1) is 0 Å². The van der Waals surface area contributed by atoms with Crippen LogP contribution in [-0.2, 0) is 0 Å². The van der Waals surface area contributed by atoms with Crippen LogP contribution in [0.25, 0.3) is 0 Å². The molecule has 0 aromatic heterocycles. The summed E-state index contributed by atoms with van der Waals surface area (Å²) in [5, 5.41) is 0.655. The lowest BCUT2D eigenvalue weighted by atomic mass is 9.69. The van der Waals surface area contributed by atoms with Crippen molar-refractivity contribution in [2.45, 2.75) is 88.7 Å². The second-order valence-electron chi connectivity index (χ2n) is 7.56. The highest BCUT2D eigenvalue weighted by atomic mass is 32.1. The van der Waals surface area contributed by atoms with Crippen molar-refractivity contribution in [1.29, 1.82) is 0 Å². The first-order chi connectivity index (χ1) is 9.83. The Hall–Kier alpha value is 0.0900. The molecule has 20 heavy (non-hydrogen) atoms. The molecule has 0 radical (unpaired) electrons. The van der Waals surface area contributed by atoms with Gasteiger partial charge in [0.15, 0.2) is 0 Å². The molecule has 0 aromatic carbocycles. The van der Waals surface area contributed by atoms with E-state index in [1.54, 1.807) is 12.8 Å². The Morgan fingerprint density at radius 2 is 1.45 bits per heavy atom. The third kappa shape index (κ3) is 3.84. The predicted molar refractivity (Wildman–Crippen MR) is 91.3 cm³/mol. The standard InChI is InChI=1S/C19H32S/c20-19-8-4-7-16(13-14-19)18-11-9-17(10-12-18)15-5-2-1-3-6-15/h7,15,17-20H,1-6,8-14H2. The molecule has 0 amide bonds. The maximum Gasteiger partial charge on any atom is 0.00228 e. The molecule has 3 rings (SSSR count). The van der Waals surface area contributed by atoms with Crippen molar-refractivity contribution in [3.8, 4) is 0 Å². The minimum absolute atomic E-state index is 0.655. The summed E-state index contributed by atoms with van der Waals surface area (Å²) in [4.78, 5) is 0. The quantitative estimate of drug-likeness (QED) is 0.456. The lowest BCUT2D eigenvalue weighted by Crippen LogP contribution is -2.24. The molecular weight excluding hydrogens is 260 g/mol. The molecule has 0 bridgehead atoms. The highest BCUT2D eigenvalue weighted by Gasteiger charge is 2.30. The molecule has 2 fully saturated rings. The topological polar surface area (TPSA) is 0 Å². The van der Waals surface area contributed by atoms with E-state index in [-0.39, 0.29) is 0 Å². The van der Waals surface area contributed by atoms with Crippen LogP contribution in [0.15, 0.2) is 11.6 Å². The minimum Gasteiger partial charge on any atom is -0.176 e. The summed E-state index contributed by atoms with van der Waals surface area (Å²) < 4.78 is 0. The fourth-order valence-corrected chi connectivity index (χ4v) is 5.26. The van der Waals surface area contributed by atoms with Crippen LogP contribution in [0, 0.1) is 17.8 Å². The zero-order chi connectivity index (χ0) is 13.8. The van der Waals surface area contributed by atoms with Crippen LogP contribution >= 0.6 is 12.6 Å². The maximum atomic E-state index is 4.68. The average molecular weight is 293 g/mol. The fraction of sp³-hybridized carbons (Fsp3) is 0.895. The van der Waals surface area contributed by atoms with Crippen LogP contribution in [0.4, 0.5) is 0 Å². The molecule has 3 aliphatic rings. The van der Waals surface area contributed by atoms with E-state index in [1.807, 2.05) is 5.57 Å². The van der Waals surface area contributed by atoms with Gasteiger partial charge in [0.05, 0.1) is 0 Å². The van der Waals surface area contributed by atoms with E-state index >= 15 is 0 Å². The second kappa shape index (κ2) is 7.38. The van der Waals surface area contributed by atoms with E-state index in [2.05, 4.69) is 18.7 Å². The highest BCUT2D eigenvalue weighted by molar-refractivity contribution is 7.80. The number of allylic oxidation sites excluding steroid dienone is 2. The molecule has 0 aromatic rings. The van der Waals surface area contributed by atoms with Crippen molar-refractivity contribution in [2.24, 2.45) is 17.8 Å². The summed E-state index contributed by atoms with van der Waals surface area (Å²) in [6.45, 7) is 0. The first-order valence-electron chi connectivity index (χ1n) is 9.20. The smallest absolute Gasteiger partial charge is 0.00228 e. The number of hydrogen-bond donors (Lipinski definition) is 1. The molecule has 1 atom stereocenters. The van der Waals surface area contributed by atoms with Crippen LogP contribution in [-0.4, -0.2) is 5.25 Å². The van der Waals surface area contributed by atoms with E-state index in [9.17, 15) is 0 Å². The Bertz CT molecular complexity index is 319. The zero-order valence-corrected chi connectivity index (χ0v) is 13.9. The molecule has 0 nitrogen and oxygen atoms in total.